The predicted octanol–water partition coefficient (Wildman–Crippen LogP) is 2.36. The van der Waals surface area contributed by atoms with Crippen LogP contribution < -0.4 is 10.1 Å². The summed E-state index contributed by atoms with van der Waals surface area (Å²) in [7, 11) is 1.66. The third kappa shape index (κ3) is 3.70. The Morgan fingerprint density at radius 2 is 2.15 bits per heavy atom. The van der Waals surface area contributed by atoms with Gasteiger partial charge >= 0.3 is 0 Å². The van der Waals surface area contributed by atoms with Gasteiger partial charge in [-0.25, -0.2) is 0 Å². The molecule has 1 fully saturated rings. The number of nitrogens with zero attached hydrogens (tertiary/aromatic N) is 4. The zero-order chi connectivity index (χ0) is 17.9. The molecule has 4 rings (SSSR count). The van der Waals surface area contributed by atoms with E-state index < -0.39 is 0 Å². The van der Waals surface area contributed by atoms with Gasteiger partial charge in [-0.15, -0.1) is 10.2 Å². The number of rotatable bonds is 8. The molecule has 1 N–H and O–H groups in total. The first-order valence-electron chi connectivity index (χ1n) is 8.84. The van der Waals surface area contributed by atoms with E-state index in [1.54, 1.807) is 7.11 Å². The van der Waals surface area contributed by atoms with Crippen LogP contribution in [0.15, 0.2) is 24.3 Å². The van der Waals surface area contributed by atoms with E-state index in [-0.39, 0.29) is 5.91 Å². The second-order valence-electron chi connectivity index (χ2n) is 6.43. The molecule has 1 aromatic carbocycles. The van der Waals surface area contributed by atoms with E-state index in [0.29, 0.717) is 25.3 Å². The van der Waals surface area contributed by atoms with Crippen LogP contribution >= 0.6 is 11.3 Å². The molecular formula is C18H21N5O2S. The number of amides is 1. The number of hydrogen-bond donors (Lipinski definition) is 1. The lowest BCUT2D eigenvalue weighted by Crippen LogP contribution is -2.26. The molecule has 1 aliphatic rings. The Bertz CT molecular complexity index is 915. The lowest BCUT2D eigenvalue weighted by Gasteiger charge is -2.08. The van der Waals surface area contributed by atoms with Crippen LogP contribution in [0, 0.1) is 0 Å². The molecule has 1 saturated carbocycles. The number of ether oxygens (including phenoxy) is 1. The first-order chi connectivity index (χ1) is 12.7. The second kappa shape index (κ2) is 7.41. The molecule has 1 aliphatic carbocycles. The van der Waals surface area contributed by atoms with Gasteiger partial charge in [-0.3, -0.25) is 4.79 Å². The Labute approximate surface area is 155 Å². The van der Waals surface area contributed by atoms with Crippen LogP contribution in [0.5, 0.6) is 5.75 Å². The Morgan fingerprint density at radius 1 is 1.31 bits per heavy atom. The Balaban J connectivity index is 1.26. The fraction of sp³-hybridized carbons (Fsp3) is 0.444. The van der Waals surface area contributed by atoms with Crippen molar-refractivity contribution in [2.45, 2.75) is 38.0 Å². The number of hydrogen-bond acceptors (Lipinski definition) is 6. The number of carbonyl (C=O) groups excluding carboxylic acids is 1. The summed E-state index contributed by atoms with van der Waals surface area (Å²) in [6, 6.07) is 7.86. The zero-order valence-electron chi connectivity index (χ0n) is 14.6. The van der Waals surface area contributed by atoms with Gasteiger partial charge in [0.25, 0.3) is 0 Å². The van der Waals surface area contributed by atoms with Crippen molar-refractivity contribution in [3.8, 4) is 5.75 Å². The fourth-order valence-corrected chi connectivity index (χ4v) is 3.76. The van der Waals surface area contributed by atoms with Crippen molar-refractivity contribution in [2.24, 2.45) is 0 Å². The first-order valence-corrected chi connectivity index (χ1v) is 9.66. The van der Waals surface area contributed by atoms with E-state index >= 15 is 0 Å². The quantitative estimate of drug-likeness (QED) is 0.657. The molecule has 3 aromatic rings. The minimum absolute atomic E-state index is 0.0354. The highest BCUT2D eigenvalue weighted by Crippen LogP contribution is 2.39. The summed E-state index contributed by atoms with van der Waals surface area (Å²) in [4.78, 5) is 12.9. The van der Waals surface area contributed by atoms with Gasteiger partial charge in [0.15, 0.2) is 5.82 Å². The summed E-state index contributed by atoms with van der Waals surface area (Å²) in [5, 5.41) is 16.9. The largest absolute Gasteiger partial charge is 0.496 e. The molecule has 0 atom stereocenters. The predicted molar refractivity (Wildman–Crippen MR) is 98.7 cm³/mol. The highest BCUT2D eigenvalue weighted by atomic mass is 32.1. The summed E-state index contributed by atoms with van der Waals surface area (Å²) in [6.45, 7) is 0.593. The maximum Gasteiger partial charge on any atom is 0.234 e. The molecule has 0 bridgehead atoms. The molecule has 2 aromatic heterocycles. The number of carbonyl (C=O) groups is 1. The van der Waals surface area contributed by atoms with Crippen LogP contribution in [0.4, 0.5) is 0 Å². The molecule has 0 aliphatic heterocycles. The molecule has 8 heteroatoms. The van der Waals surface area contributed by atoms with E-state index in [1.165, 1.54) is 24.2 Å². The van der Waals surface area contributed by atoms with Crippen molar-refractivity contribution in [3.63, 3.8) is 0 Å². The molecule has 0 spiro atoms. The van der Waals surface area contributed by atoms with Crippen molar-refractivity contribution in [1.29, 1.82) is 0 Å². The minimum atomic E-state index is 0.0354. The SMILES string of the molecule is COc1ccccc1CCNC(=O)CCc1nn2c(C3CC3)nnc2s1. The van der Waals surface area contributed by atoms with E-state index in [4.69, 9.17) is 4.74 Å². The third-order valence-electron chi connectivity index (χ3n) is 4.47. The van der Waals surface area contributed by atoms with Gasteiger partial charge in [-0.1, -0.05) is 29.5 Å². The molecule has 0 saturated heterocycles. The summed E-state index contributed by atoms with van der Waals surface area (Å²) in [6.07, 6.45) is 4.13. The van der Waals surface area contributed by atoms with Crippen LogP contribution in [-0.4, -0.2) is 39.4 Å². The molecule has 1 amide bonds. The number of para-hydroxylation sites is 1. The van der Waals surface area contributed by atoms with Gasteiger partial charge < -0.3 is 10.1 Å². The maximum absolute atomic E-state index is 12.1. The molecule has 0 unspecified atom stereocenters. The molecule has 26 heavy (non-hydrogen) atoms. The standard InChI is InChI=1S/C18H21N5O2S/c1-25-14-5-3-2-4-12(14)10-11-19-15(24)8-9-16-22-23-17(13-6-7-13)20-21-18(23)26-16/h2-5,13H,6-11H2,1H3,(H,19,24). The van der Waals surface area contributed by atoms with Gasteiger partial charge in [-0.2, -0.15) is 9.61 Å². The lowest BCUT2D eigenvalue weighted by atomic mass is 10.1. The summed E-state index contributed by atoms with van der Waals surface area (Å²) >= 11 is 1.51. The molecule has 0 radical (unpaired) electrons. The topological polar surface area (TPSA) is 81.4 Å². The van der Waals surface area contributed by atoms with Gasteiger partial charge in [0.05, 0.1) is 7.11 Å². The zero-order valence-corrected chi connectivity index (χ0v) is 15.5. The van der Waals surface area contributed by atoms with Crippen molar-refractivity contribution in [1.82, 2.24) is 25.1 Å². The average Bonchev–Trinajstić information content (AvgIpc) is 3.29. The fourth-order valence-electron chi connectivity index (χ4n) is 2.92. The lowest BCUT2D eigenvalue weighted by molar-refractivity contribution is -0.121. The number of aromatic nitrogens is 4. The van der Waals surface area contributed by atoms with E-state index in [1.807, 2.05) is 28.8 Å². The van der Waals surface area contributed by atoms with Crippen molar-refractivity contribution >= 4 is 22.2 Å². The first kappa shape index (κ1) is 17.0. The van der Waals surface area contributed by atoms with Crippen molar-refractivity contribution in [3.05, 3.63) is 40.7 Å². The smallest absolute Gasteiger partial charge is 0.234 e. The summed E-state index contributed by atoms with van der Waals surface area (Å²) in [5.74, 6) is 2.36. The highest BCUT2D eigenvalue weighted by molar-refractivity contribution is 7.16. The molecule has 136 valence electrons. The molecular weight excluding hydrogens is 350 g/mol. The Kier molecular flexibility index (Phi) is 4.83. The Hall–Kier alpha value is -2.48. The second-order valence-corrected chi connectivity index (χ2v) is 7.47. The van der Waals surface area contributed by atoms with Crippen molar-refractivity contribution < 1.29 is 9.53 Å². The van der Waals surface area contributed by atoms with Crippen LogP contribution in [0.2, 0.25) is 0 Å². The number of fused-ring (bicyclic) bond motifs is 1. The van der Waals surface area contributed by atoms with Gasteiger partial charge in [0, 0.05) is 25.3 Å². The summed E-state index contributed by atoms with van der Waals surface area (Å²) in [5.41, 5.74) is 1.09. The van der Waals surface area contributed by atoms with E-state index in [0.717, 1.165) is 33.5 Å². The number of methoxy groups -OCH3 is 1. The maximum atomic E-state index is 12.1. The van der Waals surface area contributed by atoms with Crippen LogP contribution in [0.1, 0.15) is 41.6 Å². The molecule has 2 heterocycles. The van der Waals surface area contributed by atoms with Crippen LogP contribution in [0.25, 0.3) is 4.96 Å². The Morgan fingerprint density at radius 3 is 2.96 bits per heavy atom. The number of nitrogens with one attached hydrogen (secondary N) is 1. The number of benzene rings is 1. The van der Waals surface area contributed by atoms with Crippen molar-refractivity contribution in [2.75, 3.05) is 13.7 Å². The van der Waals surface area contributed by atoms with Gasteiger partial charge in [-0.05, 0) is 30.9 Å². The third-order valence-corrected chi connectivity index (χ3v) is 5.43. The molecule has 7 nitrogen and oxygen atoms in total. The van der Waals surface area contributed by atoms with Crippen LogP contribution in [-0.2, 0) is 17.6 Å². The van der Waals surface area contributed by atoms with E-state index in [2.05, 4.69) is 20.6 Å². The van der Waals surface area contributed by atoms with Gasteiger partial charge in [0.2, 0.25) is 10.9 Å². The van der Waals surface area contributed by atoms with Crippen LogP contribution in [0.3, 0.4) is 0 Å². The normalized spacial score (nSPS) is 13.9. The van der Waals surface area contributed by atoms with E-state index in [9.17, 15) is 4.79 Å². The highest BCUT2D eigenvalue weighted by Gasteiger charge is 2.30. The monoisotopic (exact) mass is 371 g/mol. The minimum Gasteiger partial charge on any atom is -0.496 e. The summed E-state index contributed by atoms with van der Waals surface area (Å²) < 4.78 is 7.17. The number of aryl methyl sites for hydroxylation is 1. The van der Waals surface area contributed by atoms with Gasteiger partial charge in [0.1, 0.15) is 10.8 Å². The average molecular weight is 371 g/mol.